The van der Waals surface area contributed by atoms with Crippen LogP contribution in [0, 0.1) is 0 Å². The standard InChI is InChI=1S/C20H13BrN2O4S/c21-13-8-10-14(11-9-13)22-28(26,27)16-5-3-4-15(12-16)23-19(24)17-6-1-2-7-18(17)20(23)25/h1-12,22H. The van der Waals surface area contributed by atoms with Crippen molar-refractivity contribution in [1.82, 2.24) is 0 Å². The van der Waals surface area contributed by atoms with Gasteiger partial charge in [-0.1, -0.05) is 34.1 Å². The maximum Gasteiger partial charge on any atom is 0.266 e. The number of anilines is 2. The zero-order chi connectivity index (χ0) is 19.9. The summed E-state index contributed by atoms with van der Waals surface area (Å²) in [6, 6.07) is 18.9. The number of nitrogens with one attached hydrogen (secondary N) is 1. The van der Waals surface area contributed by atoms with Crippen molar-refractivity contribution < 1.29 is 18.0 Å². The van der Waals surface area contributed by atoms with E-state index < -0.39 is 21.8 Å². The van der Waals surface area contributed by atoms with Crippen LogP contribution in [0.3, 0.4) is 0 Å². The second kappa shape index (κ2) is 6.88. The zero-order valence-electron chi connectivity index (χ0n) is 14.3. The van der Waals surface area contributed by atoms with E-state index in [9.17, 15) is 18.0 Å². The molecule has 1 aliphatic rings. The highest BCUT2D eigenvalue weighted by Gasteiger charge is 2.36. The lowest BCUT2D eigenvalue weighted by molar-refractivity contribution is 0.0926. The quantitative estimate of drug-likeness (QED) is 0.600. The summed E-state index contributed by atoms with van der Waals surface area (Å²) >= 11 is 3.29. The monoisotopic (exact) mass is 456 g/mol. The topological polar surface area (TPSA) is 83.6 Å². The highest BCUT2D eigenvalue weighted by Crippen LogP contribution is 2.30. The maximum atomic E-state index is 12.7. The van der Waals surface area contributed by atoms with Gasteiger partial charge >= 0.3 is 0 Å². The van der Waals surface area contributed by atoms with E-state index in [2.05, 4.69) is 20.7 Å². The summed E-state index contributed by atoms with van der Waals surface area (Å²) < 4.78 is 28.8. The van der Waals surface area contributed by atoms with Crippen LogP contribution in [0.4, 0.5) is 11.4 Å². The average Bonchev–Trinajstić information content (AvgIpc) is 2.94. The summed E-state index contributed by atoms with van der Waals surface area (Å²) in [5.41, 5.74) is 1.20. The Morgan fingerprint density at radius 3 is 2.00 bits per heavy atom. The number of amides is 2. The lowest BCUT2D eigenvalue weighted by Gasteiger charge is -2.15. The number of carbonyl (C=O) groups is 2. The Labute approximate surface area is 170 Å². The molecule has 0 radical (unpaired) electrons. The van der Waals surface area contributed by atoms with Crippen LogP contribution >= 0.6 is 15.9 Å². The Morgan fingerprint density at radius 2 is 1.39 bits per heavy atom. The average molecular weight is 457 g/mol. The van der Waals surface area contributed by atoms with Gasteiger partial charge in [-0.25, -0.2) is 13.3 Å². The van der Waals surface area contributed by atoms with Gasteiger partial charge in [0.1, 0.15) is 0 Å². The normalized spacial score (nSPS) is 13.5. The van der Waals surface area contributed by atoms with E-state index in [1.807, 2.05) is 0 Å². The van der Waals surface area contributed by atoms with Crippen LogP contribution in [0.2, 0.25) is 0 Å². The molecule has 0 aliphatic carbocycles. The first kappa shape index (κ1) is 18.4. The first-order valence-corrected chi connectivity index (χ1v) is 10.5. The number of sulfonamides is 1. The first-order chi connectivity index (χ1) is 13.4. The molecule has 1 aliphatic heterocycles. The van der Waals surface area contributed by atoms with Crippen molar-refractivity contribution in [3.8, 4) is 0 Å². The van der Waals surface area contributed by atoms with Crippen LogP contribution in [0.5, 0.6) is 0 Å². The molecule has 2 amide bonds. The summed E-state index contributed by atoms with van der Waals surface area (Å²) in [6.45, 7) is 0. The molecule has 0 spiro atoms. The molecule has 0 saturated heterocycles. The molecule has 4 rings (SSSR count). The Hall–Kier alpha value is -2.97. The molecule has 3 aromatic rings. The number of hydrogen-bond donors (Lipinski definition) is 1. The molecule has 1 N–H and O–H groups in total. The maximum absolute atomic E-state index is 12.7. The van der Waals surface area contributed by atoms with Gasteiger partial charge in [-0.05, 0) is 54.6 Å². The Bertz CT molecular complexity index is 1170. The highest BCUT2D eigenvalue weighted by molar-refractivity contribution is 9.10. The molecule has 0 saturated carbocycles. The third kappa shape index (κ3) is 3.21. The molecule has 28 heavy (non-hydrogen) atoms. The molecule has 3 aromatic carbocycles. The second-order valence-electron chi connectivity index (χ2n) is 6.10. The van der Waals surface area contributed by atoms with E-state index in [1.54, 1.807) is 48.5 Å². The van der Waals surface area contributed by atoms with Crippen molar-refractivity contribution in [2.45, 2.75) is 4.90 Å². The minimum atomic E-state index is -3.90. The van der Waals surface area contributed by atoms with E-state index in [-0.39, 0.29) is 10.6 Å². The van der Waals surface area contributed by atoms with Crippen molar-refractivity contribution in [3.63, 3.8) is 0 Å². The van der Waals surface area contributed by atoms with Crippen LogP contribution in [-0.2, 0) is 10.0 Å². The fraction of sp³-hybridized carbons (Fsp3) is 0. The van der Waals surface area contributed by atoms with Gasteiger partial charge in [0.2, 0.25) is 0 Å². The summed E-state index contributed by atoms with van der Waals surface area (Å²) in [5, 5.41) is 0. The van der Waals surface area contributed by atoms with Gasteiger partial charge in [0.25, 0.3) is 21.8 Å². The van der Waals surface area contributed by atoms with E-state index in [0.717, 1.165) is 9.37 Å². The molecular weight excluding hydrogens is 444 g/mol. The fourth-order valence-corrected chi connectivity index (χ4v) is 4.31. The summed E-state index contributed by atoms with van der Waals surface area (Å²) in [5.74, 6) is -0.952. The number of benzene rings is 3. The van der Waals surface area contributed by atoms with Gasteiger partial charge in [0, 0.05) is 10.2 Å². The number of imide groups is 1. The molecule has 0 fully saturated rings. The van der Waals surface area contributed by atoms with Crippen molar-refractivity contribution in [3.05, 3.63) is 88.4 Å². The molecule has 6 nitrogen and oxygen atoms in total. The lowest BCUT2D eigenvalue weighted by atomic mass is 10.1. The number of fused-ring (bicyclic) bond motifs is 1. The smallest absolute Gasteiger partial charge is 0.266 e. The summed E-state index contributed by atoms with van der Waals surface area (Å²) in [7, 11) is -3.90. The van der Waals surface area contributed by atoms with Crippen LogP contribution in [0.15, 0.2) is 82.2 Å². The van der Waals surface area contributed by atoms with Gasteiger partial charge in [-0.2, -0.15) is 0 Å². The molecule has 140 valence electrons. The molecule has 0 aromatic heterocycles. The molecule has 8 heteroatoms. The molecule has 0 atom stereocenters. The van der Waals surface area contributed by atoms with Crippen LogP contribution in [0.25, 0.3) is 0 Å². The van der Waals surface area contributed by atoms with Crippen molar-refractivity contribution >= 4 is 49.1 Å². The number of hydrogen-bond acceptors (Lipinski definition) is 4. The van der Waals surface area contributed by atoms with Crippen LogP contribution in [0.1, 0.15) is 20.7 Å². The van der Waals surface area contributed by atoms with E-state index in [4.69, 9.17) is 0 Å². The Balaban J connectivity index is 1.68. The van der Waals surface area contributed by atoms with Crippen LogP contribution < -0.4 is 9.62 Å². The second-order valence-corrected chi connectivity index (χ2v) is 8.70. The molecule has 0 bridgehead atoms. The third-order valence-electron chi connectivity index (χ3n) is 4.28. The predicted molar refractivity (Wildman–Crippen MR) is 109 cm³/mol. The van der Waals surface area contributed by atoms with E-state index >= 15 is 0 Å². The highest BCUT2D eigenvalue weighted by atomic mass is 79.9. The summed E-state index contributed by atoms with van der Waals surface area (Å²) in [6.07, 6.45) is 0. The molecular formula is C20H13BrN2O4S. The van der Waals surface area contributed by atoms with Gasteiger partial charge in [-0.3, -0.25) is 14.3 Å². The lowest BCUT2D eigenvalue weighted by Crippen LogP contribution is -2.29. The number of carbonyl (C=O) groups excluding carboxylic acids is 2. The Morgan fingerprint density at radius 1 is 0.786 bits per heavy atom. The van der Waals surface area contributed by atoms with Crippen molar-refractivity contribution in [2.75, 3.05) is 9.62 Å². The van der Waals surface area contributed by atoms with Gasteiger partial charge in [0.15, 0.2) is 0 Å². The van der Waals surface area contributed by atoms with Gasteiger partial charge < -0.3 is 0 Å². The predicted octanol–water partition coefficient (Wildman–Crippen LogP) is 4.05. The minimum absolute atomic E-state index is 0.0514. The van der Waals surface area contributed by atoms with Crippen molar-refractivity contribution in [2.24, 2.45) is 0 Å². The number of nitrogens with zero attached hydrogens (tertiary/aromatic N) is 1. The Kier molecular flexibility index (Phi) is 4.52. The fourth-order valence-electron chi connectivity index (χ4n) is 2.95. The van der Waals surface area contributed by atoms with Crippen LogP contribution in [-0.4, -0.2) is 20.2 Å². The van der Waals surface area contributed by atoms with E-state index in [1.165, 1.54) is 24.3 Å². The number of rotatable bonds is 4. The SMILES string of the molecule is O=C1c2ccccc2C(=O)N1c1cccc(S(=O)(=O)Nc2ccc(Br)cc2)c1. The van der Waals surface area contributed by atoms with Gasteiger partial charge in [0.05, 0.1) is 21.7 Å². The first-order valence-electron chi connectivity index (χ1n) is 8.23. The minimum Gasteiger partial charge on any atom is -0.280 e. The largest absolute Gasteiger partial charge is 0.280 e. The summed E-state index contributed by atoms with van der Waals surface area (Å²) in [4.78, 5) is 26.2. The van der Waals surface area contributed by atoms with Gasteiger partial charge in [-0.15, -0.1) is 0 Å². The number of halogens is 1. The molecule has 0 unspecified atom stereocenters. The van der Waals surface area contributed by atoms with Crippen molar-refractivity contribution in [1.29, 1.82) is 0 Å². The third-order valence-corrected chi connectivity index (χ3v) is 6.18. The zero-order valence-corrected chi connectivity index (χ0v) is 16.7. The van der Waals surface area contributed by atoms with E-state index in [0.29, 0.717) is 16.8 Å². The molecule has 1 heterocycles.